The third-order valence-corrected chi connectivity index (χ3v) is 4.01. The normalized spacial score (nSPS) is 15.6. The molecule has 1 fully saturated rings. The average molecular weight is 317 g/mol. The first-order chi connectivity index (χ1) is 10.7. The summed E-state index contributed by atoms with van der Waals surface area (Å²) in [6.07, 6.45) is 6.81. The zero-order valence-electron chi connectivity index (χ0n) is 12.1. The molecule has 0 aliphatic carbocycles. The van der Waals surface area contributed by atoms with E-state index in [0.717, 1.165) is 31.6 Å². The van der Waals surface area contributed by atoms with Gasteiger partial charge in [0.2, 0.25) is 0 Å². The van der Waals surface area contributed by atoms with Crippen LogP contribution in [-0.4, -0.2) is 39.9 Å². The van der Waals surface area contributed by atoms with Crippen molar-refractivity contribution >= 4 is 23.2 Å². The Hall–Kier alpha value is -2.14. The first-order valence-corrected chi connectivity index (χ1v) is 7.67. The van der Waals surface area contributed by atoms with E-state index in [1.54, 1.807) is 30.7 Å². The van der Waals surface area contributed by atoms with E-state index in [1.165, 1.54) is 0 Å². The number of hydrogen-bond donors (Lipinski definition) is 1. The highest BCUT2D eigenvalue weighted by molar-refractivity contribution is 6.29. The molecule has 0 unspecified atom stereocenters. The standard InChI is InChI=1S/C16H17ClN4O/c17-15-11-14(3-8-19-15)20-13-4-9-21(10-5-13)16(22)12-1-6-18-7-2-12/h1-3,6-8,11,13H,4-5,9-10H2,(H,19,20). The summed E-state index contributed by atoms with van der Waals surface area (Å²) in [4.78, 5) is 22.2. The predicted molar refractivity (Wildman–Crippen MR) is 86.0 cm³/mol. The number of carbonyl (C=O) groups is 1. The van der Waals surface area contributed by atoms with Crippen LogP contribution in [0.3, 0.4) is 0 Å². The van der Waals surface area contributed by atoms with Crippen LogP contribution in [0.5, 0.6) is 0 Å². The van der Waals surface area contributed by atoms with E-state index >= 15 is 0 Å². The van der Waals surface area contributed by atoms with Crippen LogP contribution in [-0.2, 0) is 0 Å². The maximum Gasteiger partial charge on any atom is 0.253 e. The molecule has 1 N–H and O–H groups in total. The lowest BCUT2D eigenvalue weighted by atomic mass is 10.0. The van der Waals surface area contributed by atoms with E-state index in [-0.39, 0.29) is 5.91 Å². The van der Waals surface area contributed by atoms with Crippen LogP contribution in [0, 0.1) is 0 Å². The monoisotopic (exact) mass is 316 g/mol. The Bertz CT molecular complexity index is 642. The molecule has 0 aromatic carbocycles. The van der Waals surface area contributed by atoms with E-state index < -0.39 is 0 Å². The maximum atomic E-state index is 12.4. The van der Waals surface area contributed by atoms with E-state index in [0.29, 0.717) is 16.8 Å². The highest BCUT2D eigenvalue weighted by Crippen LogP contribution is 2.19. The minimum Gasteiger partial charge on any atom is -0.382 e. The fourth-order valence-electron chi connectivity index (χ4n) is 2.63. The number of nitrogens with zero attached hydrogens (tertiary/aromatic N) is 3. The molecule has 0 atom stereocenters. The zero-order valence-corrected chi connectivity index (χ0v) is 12.8. The van der Waals surface area contributed by atoms with Crippen molar-refractivity contribution in [2.24, 2.45) is 0 Å². The van der Waals surface area contributed by atoms with Gasteiger partial charge >= 0.3 is 0 Å². The molecule has 5 nitrogen and oxygen atoms in total. The fourth-order valence-corrected chi connectivity index (χ4v) is 2.81. The van der Waals surface area contributed by atoms with Crippen LogP contribution in [0.25, 0.3) is 0 Å². The van der Waals surface area contributed by atoms with Gasteiger partial charge in [-0.25, -0.2) is 4.98 Å². The van der Waals surface area contributed by atoms with Gasteiger partial charge in [0.1, 0.15) is 5.15 Å². The van der Waals surface area contributed by atoms with Gasteiger partial charge in [-0.15, -0.1) is 0 Å². The fraction of sp³-hybridized carbons (Fsp3) is 0.312. The molecule has 22 heavy (non-hydrogen) atoms. The van der Waals surface area contributed by atoms with Crippen molar-refractivity contribution in [3.05, 3.63) is 53.6 Å². The van der Waals surface area contributed by atoms with Crippen molar-refractivity contribution in [1.29, 1.82) is 0 Å². The number of anilines is 1. The van der Waals surface area contributed by atoms with Gasteiger partial charge in [-0.05, 0) is 37.1 Å². The average Bonchev–Trinajstić information content (AvgIpc) is 2.56. The Morgan fingerprint density at radius 1 is 1.18 bits per heavy atom. The molecule has 1 aliphatic rings. The summed E-state index contributed by atoms with van der Waals surface area (Å²) in [5, 5.41) is 3.93. The zero-order chi connectivity index (χ0) is 15.4. The first kappa shape index (κ1) is 14.8. The Balaban J connectivity index is 1.55. The summed E-state index contributed by atoms with van der Waals surface area (Å²) < 4.78 is 0. The van der Waals surface area contributed by atoms with E-state index in [9.17, 15) is 4.79 Å². The second-order valence-electron chi connectivity index (χ2n) is 5.31. The van der Waals surface area contributed by atoms with Crippen LogP contribution >= 0.6 is 11.6 Å². The van der Waals surface area contributed by atoms with E-state index in [2.05, 4.69) is 15.3 Å². The summed E-state index contributed by atoms with van der Waals surface area (Å²) in [6, 6.07) is 7.58. The minimum atomic E-state index is 0.0767. The number of aromatic nitrogens is 2. The van der Waals surface area contributed by atoms with Crippen LogP contribution in [0.15, 0.2) is 42.9 Å². The van der Waals surface area contributed by atoms with Gasteiger partial charge in [0.15, 0.2) is 0 Å². The van der Waals surface area contributed by atoms with Gasteiger partial charge in [0.25, 0.3) is 5.91 Å². The predicted octanol–water partition coefficient (Wildman–Crippen LogP) is 2.85. The maximum absolute atomic E-state index is 12.4. The molecule has 6 heteroatoms. The summed E-state index contributed by atoms with van der Waals surface area (Å²) in [5.41, 5.74) is 1.67. The van der Waals surface area contributed by atoms with Gasteiger partial charge < -0.3 is 10.2 Å². The molecule has 0 saturated carbocycles. The molecule has 0 spiro atoms. The third-order valence-electron chi connectivity index (χ3n) is 3.81. The van der Waals surface area contributed by atoms with Gasteiger partial charge in [0.05, 0.1) is 0 Å². The van der Waals surface area contributed by atoms with Gasteiger partial charge in [-0.3, -0.25) is 9.78 Å². The lowest BCUT2D eigenvalue weighted by Gasteiger charge is -2.33. The second-order valence-corrected chi connectivity index (χ2v) is 5.70. The number of piperidine rings is 1. The van der Waals surface area contributed by atoms with Crippen molar-refractivity contribution in [2.45, 2.75) is 18.9 Å². The van der Waals surface area contributed by atoms with E-state index in [4.69, 9.17) is 11.6 Å². The van der Waals surface area contributed by atoms with Crippen LogP contribution in [0.4, 0.5) is 5.69 Å². The van der Waals surface area contributed by atoms with Gasteiger partial charge in [-0.1, -0.05) is 11.6 Å². The summed E-state index contributed by atoms with van der Waals surface area (Å²) >= 11 is 5.89. The van der Waals surface area contributed by atoms with Gasteiger partial charge in [-0.2, -0.15) is 0 Å². The summed E-state index contributed by atoms with van der Waals surface area (Å²) in [6.45, 7) is 1.50. The lowest BCUT2D eigenvalue weighted by molar-refractivity contribution is 0.0718. The first-order valence-electron chi connectivity index (χ1n) is 7.30. The van der Waals surface area contributed by atoms with Gasteiger partial charge in [0, 0.05) is 49.0 Å². The number of carbonyl (C=O) groups excluding carboxylic acids is 1. The molecular formula is C16H17ClN4O. The highest BCUT2D eigenvalue weighted by atomic mass is 35.5. The van der Waals surface area contributed by atoms with Crippen molar-refractivity contribution in [3.63, 3.8) is 0 Å². The molecular weight excluding hydrogens is 300 g/mol. The quantitative estimate of drug-likeness (QED) is 0.885. The molecule has 0 bridgehead atoms. The Labute approximate surface area is 134 Å². The number of likely N-dealkylation sites (tertiary alicyclic amines) is 1. The van der Waals surface area contributed by atoms with Crippen molar-refractivity contribution < 1.29 is 4.79 Å². The molecule has 1 saturated heterocycles. The highest BCUT2D eigenvalue weighted by Gasteiger charge is 2.23. The molecule has 3 heterocycles. The number of pyridine rings is 2. The number of rotatable bonds is 3. The molecule has 1 amide bonds. The van der Waals surface area contributed by atoms with Crippen molar-refractivity contribution in [3.8, 4) is 0 Å². The molecule has 2 aromatic heterocycles. The SMILES string of the molecule is O=C(c1ccncc1)N1CCC(Nc2ccnc(Cl)c2)CC1. The van der Waals surface area contributed by atoms with Crippen molar-refractivity contribution in [1.82, 2.24) is 14.9 Å². The molecule has 3 rings (SSSR count). The second kappa shape index (κ2) is 6.75. The molecule has 2 aromatic rings. The number of halogens is 1. The Morgan fingerprint density at radius 3 is 2.59 bits per heavy atom. The number of hydrogen-bond acceptors (Lipinski definition) is 4. The van der Waals surface area contributed by atoms with Crippen LogP contribution < -0.4 is 5.32 Å². The number of amides is 1. The van der Waals surface area contributed by atoms with E-state index in [1.807, 2.05) is 17.0 Å². The Kier molecular flexibility index (Phi) is 4.53. The Morgan fingerprint density at radius 2 is 1.91 bits per heavy atom. The van der Waals surface area contributed by atoms with Crippen LogP contribution in [0.2, 0.25) is 5.15 Å². The number of nitrogens with one attached hydrogen (secondary N) is 1. The lowest BCUT2D eigenvalue weighted by Crippen LogP contribution is -2.42. The minimum absolute atomic E-state index is 0.0767. The smallest absolute Gasteiger partial charge is 0.253 e. The summed E-state index contributed by atoms with van der Waals surface area (Å²) in [7, 11) is 0. The van der Waals surface area contributed by atoms with Crippen LogP contribution in [0.1, 0.15) is 23.2 Å². The largest absolute Gasteiger partial charge is 0.382 e. The molecule has 0 radical (unpaired) electrons. The molecule has 1 aliphatic heterocycles. The third kappa shape index (κ3) is 3.54. The topological polar surface area (TPSA) is 58.1 Å². The van der Waals surface area contributed by atoms with Crippen molar-refractivity contribution in [2.75, 3.05) is 18.4 Å². The summed E-state index contributed by atoms with van der Waals surface area (Å²) in [5.74, 6) is 0.0767. The molecule has 114 valence electrons.